The second-order valence-electron chi connectivity index (χ2n) is 2.92. The van der Waals surface area contributed by atoms with Crippen molar-refractivity contribution >= 4 is 33.4 Å². The Labute approximate surface area is 105 Å². The number of hydrogen-bond donors (Lipinski definition) is 2. The van der Waals surface area contributed by atoms with Crippen LogP contribution in [0, 0.1) is 17.1 Å². The second-order valence-corrected chi connectivity index (χ2v) is 3.83. The van der Waals surface area contributed by atoms with Crippen LogP contribution in [0.4, 0.5) is 10.1 Å². The van der Waals surface area contributed by atoms with Crippen LogP contribution >= 0.6 is 15.9 Å². The van der Waals surface area contributed by atoms with E-state index in [1.54, 1.807) is 6.07 Å². The lowest BCUT2D eigenvalue weighted by atomic mass is 10.3. The fourth-order valence-electron chi connectivity index (χ4n) is 0.970. The van der Waals surface area contributed by atoms with E-state index in [4.69, 9.17) is 5.26 Å². The van der Waals surface area contributed by atoms with Gasteiger partial charge in [0.1, 0.15) is 12.4 Å². The highest BCUT2D eigenvalue weighted by atomic mass is 79.9. The van der Waals surface area contributed by atoms with Gasteiger partial charge in [0.25, 0.3) is 0 Å². The first-order valence-corrected chi connectivity index (χ1v) is 5.25. The zero-order chi connectivity index (χ0) is 12.8. The number of benzene rings is 1. The molecular weight excluding hydrogens is 293 g/mol. The van der Waals surface area contributed by atoms with Gasteiger partial charge in [0, 0.05) is 4.47 Å². The van der Waals surface area contributed by atoms with Crippen molar-refractivity contribution in [2.24, 2.45) is 0 Å². The molecule has 1 aromatic carbocycles. The number of nitrogens with zero attached hydrogens (tertiary/aromatic N) is 1. The summed E-state index contributed by atoms with van der Waals surface area (Å²) in [6, 6.07) is 5.63. The molecule has 0 fully saturated rings. The van der Waals surface area contributed by atoms with E-state index in [1.165, 1.54) is 12.1 Å². The van der Waals surface area contributed by atoms with Crippen molar-refractivity contribution < 1.29 is 14.0 Å². The van der Waals surface area contributed by atoms with Crippen LogP contribution in [0.15, 0.2) is 22.7 Å². The molecule has 1 aromatic rings. The van der Waals surface area contributed by atoms with Gasteiger partial charge >= 0.3 is 11.8 Å². The van der Waals surface area contributed by atoms with Gasteiger partial charge in [-0.3, -0.25) is 9.59 Å². The zero-order valence-electron chi connectivity index (χ0n) is 8.46. The molecule has 0 aromatic heterocycles. The maximum Gasteiger partial charge on any atom is 0.313 e. The monoisotopic (exact) mass is 299 g/mol. The zero-order valence-corrected chi connectivity index (χ0v) is 10.0. The number of halogens is 2. The Kier molecular flexibility index (Phi) is 4.60. The third-order valence-corrected chi connectivity index (χ3v) is 2.21. The lowest BCUT2D eigenvalue weighted by Gasteiger charge is -2.05. The summed E-state index contributed by atoms with van der Waals surface area (Å²) < 4.78 is 13.8. The molecule has 0 saturated carbocycles. The summed E-state index contributed by atoms with van der Waals surface area (Å²) in [5.41, 5.74) is -0.106. The molecule has 0 aliphatic heterocycles. The Bertz CT molecular complexity index is 499. The predicted octanol–water partition coefficient (Wildman–Crippen LogP) is 1.17. The molecule has 2 N–H and O–H groups in total. The third kappa shape index (κ3) is 3.85. The van der Waals surface area contributed by atoms with Crippen LogP contribution in [0.1, 0.15) is 0 Å². The highest BCUT2D eigenvalue weighted by Crippen LogP contribution is 2.19. The SMILES string of the molecule is N#CCNC(=O)C(=O)Nc1ccc(Br)cc1F. The first kappa shape index (κ1) is 13.1. The lowest BCUT2D eigenvalue weighted by Crippen LogP contribution is -2.35. The van der Waals surface area contributed by atoms with Gasteiger partial charge in [-0.2, -0.15) is 5.26 Å². The van der Waals surface area contributed by atoms with Gasteiger partial charge in [-0.05, 0) is 18.2 Å². The molecule has 0 aliphatic carbocycles. The molecule has 88 valence electrons. The molecule has 1 rings (SSSR count). The largest absolute Gasteiger partial charge is 0.335 e. The van der Waals surface area contributed by atoms with Crippen LogP contribution in [-0.2, 0) is 9.59 Å². The molecule has 7 heteroatoms. The van der Waals surface area contributed by atoms with Crippen LogP contribution in [0.25, 0.3) is 0 Å². The van der Waals surface area contributed by atoms with E-state index in [0.29, 0.717) is 4.47 Å². The Balaban J connectivity index is 2.68. The minimum atomic E-state index is -1.03. The van der Waals surface area contributed by atoms with Gasteiger partial charge in [0.2, 0.25) is 0 Å². The predicted molar refractivity (Wildman–Crippen MR) is 61.4 cm³/mol. The number of anilines is 1. The molecule has 5 nitrogen and oxygen atoms in total. The summed E-state index contributed by atoms with van der Waals surface area (Å²) in [6.45, 7) is -0.283. The smallest absolute Gasteiger partial charge is 0.313 e. The third-order valence-electron chi connectivity index (χ3n) is 1.71. The minimum absolute atomic E-state index is 0.106. The summed E-state index contributed by atoms with van der Waals surface area (Å²) in [7, 11) is 0. The van der Waals surface area contributed by atoms with E-state index in [2.05, 4.69) is 21.2 Å². The summed E-state index contributed by atoms with van der Waals surface area (Å²) in [6.07, 6.45) is 0. The first-order valence-electron chi connectivity index (χ1n) is 4.45. The highest BCUT2D eigenvalue weighted by Gasteiger charge is 2.14. The molecule has 0 bridgehead atoms. The average Bonchev–Trinajstić information content (AvgIpc) is 2.29. The summed E-state index contributed by atoms with van der Waals surface area (Å²) in [5, 5.41) is 12.3. The molecule has 0 heterocycles. The average molecular weight is 300 g/mol. The molecular formula is C10H7BrFN3O2. The van der Waals surface area contributed by atoms with Crippen LogP contribution in [0.5, 0.6) is 0 Å². The number of carbonyl (C=O) groups excluding carboxylic acids is 2. The number of amides is 2. The lowest BCUT2D eigenvalue weighted by molar-refractivity contribution is -0.136. The quantitative estimate of drug-likeness (QED) is 0.635. The van der Waals surface area contributed by atoms with Gasteiger partial charge < -0.3 is 10.6 Å². The summed E-state index contributed by atoms with van der Waals surface area (Å²) in [5.74, 6) is -2.68. The van der Waals surface area contributed by atoms with Gasteiger partial charge in [-0.15, -0.1) is 0 Å². The van der Waals surface area contributed by atoms with Gasteiger partial charge in [0.05, 0.1) is 11.8 Å². The molecule has 2 amide bonds. The van der Waals surface area contributed by atoms with Gasteiger partial charge in [-0.1, -0.05) is 15.9 Å². The maximum atomic E-state index is 13.3. The van der Waals surface area contributed by atoms with Crippen molar-refractivity contribution in [1.82, 2.24) is 5.32 Å². The van der Waals surface area contributed by atoms with E-state index >= 15 is 0 Å². The Hall–Kier alpha value is -1.94. The van der Waals surface area contributed by atoms with Crippen molar-refractivity contribution in [3.63, 3.8) is 0 Å². The number of hydrogen-bond acceptors (Lipinski definition) is 3. The fraction of sp³-hybridized carbons (Fsp3) is 0.100. The Morgan fingerprint density at radius 2 is 2.12 bits per heavy atom. The van der Waals surface area contributed by atoms with Crippen molar-refractivity contribution in [3.05, 3.63) is 28.5 Å². The molecule has 0 saturated heterocycles. The Morgan fingerprint density at radius 1 is 1.41 bits per heavy atom. The van der Waals surface area contributed by atoms with Gasteiger partial charge in [0.15, 0.2) is 0 Å². The van der Waals surface area contributed by atoms with Crippen molar-refractivity contribution in [1.29, 1.82) is 5.26 Å². The normalized spacial score (nSPS) is 9.24. The standard InChI is InChI=1S/C10H7BrFN3O2/c11-6-1-2-8(7(12)5-6)15-10(17)9(16)14-4-3-13/h1-2,5H,4H2,(H,14,16)(H,15,17). The van der Waals surface area contributed by atoms with E-state index in [-0.39, 0.29) is 12.2 Å². The topological polar surface area (TPSA) is 82.0 Å². The number of carbonyl (C=O) groups is 2. The second kappa shape index (κ2) is 5.96. The van der Waals surface area contributed by atoms with Crippen molar-refractivity contribution in [2.75, 3.05) is 11.9 Å². The van der Waals surface area contributed by atoms with Crippen LogP contribution in [0.3, 0.4) is 0 Å². The number of rotatable bonds is 2. The van der Waals surface area contributed by atoms with Crippen molar-refractivity contribution in [3.8, 4) is 6.07 Å². The molecule has 0 spiro atoms. The molecule has 0 atom stereocenters. The number of nitrogens with one attached hydrogen (secondary N) is 2. The maximum absolute atomic E-state index is 13.3. The molecule has 0 radical (unpaired) electrons. The van der Waals surface area contributed by atoms with E-state index in [1.807, 2.05) is 5.32 Å². The first-order chi connectivity index (χ1) is 8.04. The minimum Gasteiger partial charge on any atom is -0.335 e. The van der Waals surface area contributed by atoms with Crippen molar-refractivity contribution in [2.45, 2.75) is 0 Å². The molecule has 17 heavy (non-hydrogen) atoms. The molecule has 0 aliphatic rings. The van der Waals surface area contributed by atoms with E-state index in [0.717, 1.165) is 6.07 Å². The molecule has 0 unspecified atom stereocenters. The summed E-state index contributed by atoms with van der Waals surface area (Å²) >= 11 is 3.06. The van der Waals surface area contributed by atoms with Crippen LogP contribution < -0.4 is 10.6 Å². The Morgan fingerprint density at radius 3 is 2.71 bits per heavy atom. The van der Waals surface area contributed by atoms with E-state index < -0.39 is 17.6 Å². The number of nitriles is 1. The van der Waals surface area contributed by atoms with Crippen LogP contribution in [-0.4, -0.2) is 18.4 Å². The van der Waals surface area contributed by atoms with E-state index in [9.17, 15) is 14.0 Å². The fourth-order valence-corrected chi connectivity index (χ4v) is 1.30. The van der Waals surface area contributed by atoms with Gasteiger partial charge in [-0.25, -0.2) is 4.39 Å². The highest BCUT2D eigenvalue weighted by molar-refractivity contribution is 9.10. The summed E-state index contributed by atoms with van der Waals surface area (Å²) in [4.78, 5) is 22.3. The van der Waals surface area contributed by atoms with Crippen LogP contribution in [0.2, 0.25) is 0 Å².